The van der Waals surface area contributed by atoms with Gasteiger partial charge in [-0.15, -0.1) is 0 Å². The summed E-state index contributed by atoms with van der Waals surface area (Å²) >= 11 is 6.00. The van der Waals surface area contributed by atoms with E-state index in [0.717, 1.165) is 27.6 Å². The largest absolute Gasteiger partial charge is 0.349 e. The van der Waals surface area contributed by atoms with E-state index in [1.54, 1.807) is 0 Å². The fourth-order valence-electron chi connectivity index (χ4n) is 2.09. The van der Waals surface area contributed by atoms with Crippen molar-refractivity contribution in [3.05, 3.63) is 59.1 Å². The first kappa shape index (κ1) is 12.1. The SMILES string of the molecule is CC(Nc1nc2ccccc2[nH]1)c1cccc(Cl)c1. The molecule has 96 valence electrons. The molecule has 0 saturated carbocycles. The highest BCUT2D eigenvalue weighted by atomic mass is 35.5. The van der Waals surface area contributed by atoms with E-state index in [0.29, 0.717) is 0 Å². The Kier molecular flexibility index (Phi) is 3.13. The molecule has 0 spiro atoms. The first-order valence-electron chi connectivity index (χ1n) is 6.19. The van der Waals surface area contributed by atoms with E-state index < -0.39 is 0 Å². The van der Waals surface area contributed by atoms with Crippen LogP contribution in [-0.2, 0) is 0 Å². The van der Waals surface area contributed by atoms with Crippen molar-refractivity contribution < 1.29 is 0 Å². The van der Waals surface area contributed by atoms with Crippen LogP contribution in [0.3, 0.4) is 0 Å². The Hall–Kier alpha value is -2.00. The maximum atomic E-state index is 6.00. The molecule has 0 saturated heterocycles. The number of H-pyrrole nitrogens is 1. The van der Waals surface area contributed by atoms with E-state index in [2.05, 4.69) is 22.2 Å². The van der Waals surface area contributed by atoms with E-state index in [9.17, 15) is 0 Å². The first-order valence-corrected chi connectivity index (χ1v) is 6.57. The predicted molar refractivity (Wildman–Crippen MR) is 79.6 cm³/mol. The normalized spacial score (nSPS) is 12.5. The van der Waals surface area contributed by atoms with Crippen LogP contribution in [0.4, 0.5) is 5.95 Å². The number of benzene rings is 2. The van der Waals surface area contributed by atoms with E-state index >= 15 is 0 Å². The Morgan fingerprint density at radius 3 is 2.79 bits per heavy atom. The van der Waals surface area contributed by atoms with Crippen LogP contribution >= 0.6 is 11.6 Å². The van der Waals surface area contributed by atoms with E-state index in [1.807, 2.05) is 48.5 Å². The van der Waals surface area contributed by atoms with Gasteiger partial charge in [-0.2, -0.15) is 0 Å². The quantitative estimate of drug-likeness (QED) is 0.742. The van der Waals surface area contributed by atoms with Gasteiger partial charge in [0.2, 0.25) is 5.95 Å². The van der Waals surface area contributed by atoms with Crippen molar-refractivity contribution >= 4 is 28.6 Å². The van der Waals surface area contributed by atoms with E-state index in [1.165, 1.54) is 0 Å². The number of fused-ring (bicyclic) bond motifs is 1. The van der Waals surface area contributed by atoms with Gasteiger partial charge in [0, 0.05) is 5.02 Å². The molecule has 1 aromatic heterocycles. The molecular formula is C15H14ClN3. The van der Waals surface area contributed by atoms with Crippen molar-refractivity contribution in [3.8, 4) is 0 Å². The summed E-state index contributed by atoms with van der Waals surface area (Å²) in [5.74, 6) is 0.772. The third-order valence-corrected chi connectivity index (χ3v) is 3.33. The van der Waals surface area contributed by atoms with Crippen LogP contribution in [0.5, 0.6) is 0 Å². The molecule has 0 fully saturated rings. The van der Waals surface area contributed by atoms with Crippen LogP contribution in [0.1, 0.15) is 18.5 Å². The number of aromatic amines is 1. The molecule has 3 rings (SSSR count). The summed E-state index contributed by atoms with van der Waals surface area (Å²) in [6, 6.07) is 15.9. The summed E-state index contributed by atoms with van der Waals surface area (Å²) in [4.78, 5) is 7.76. The van der Waals surface area contributed by atoms with Crippen molar-refractivity contribution in [1.29, 1.82) is 0 Å². The zero-order valence-electron chi connectivity index (χ0n) is 10.5. The van der Waals surface area contributed by atoms with Gasteiger partial charge >= 0.3 is 0 Å². The average molecular weight is 272 g/mol. The fourth-order valence-corrected chi connectivity index (χ4v) is 2.28. The lowest BCUT2D eigenvalue weighted by atomic mass is 10.1. The monoisotopic (exact) mass is 271 g/mol. The number of halogens is 1. The average Bonchev–Trinajstić information content (AvgIpc) is 2.80. The first-order chi connectivity index (χ1) is 9.22. The van der Waals surface area contributed by atoms with Gasteiger partial charge in [-0.25, -0.2) is 4.98 Å². The summed E-state index contributed by atoms with van der Waals surface area (Å²) in [5.41, 5.74) is 3.12. The lowest BCUT2D eigenvalue weighted by Crippen LogP contribution is -2.07. The summed E-state index contributed by atoms with van der Waals surface area (Å²) < 4.78 is 0. The van der Waals surface area contributed by atoms with Gasteiger partial charge < -0.3 is 10.3 Å². The second-order valence-corrected chi connectivity index (χ2v) is 4.96. The lowest BCUT2D eigenvalue weighted by Gasteiger charge is -2.13. The number of hydrogen-bond donors (Lipinski definition) is 2. The molecule has 1 unspecified atom stereocenters. The van der Waals surface area contributed by atoms with Gasteiger partial charge in [-0.05, 0) is 36.8 Å². The Bertz CT molecular complexity index is 672. The maximum absolute atomic E-state index is 6.00. The number of para-hydroxylation sites is 2. The van der Waals surface area contributed by atoms with Crippen LogP contribution in [0.2, 0.25) is 5.02 Å². The lowest BCUT2D eigenvalue weighted by molar-refractivity contribution is 0.869. The minimum atomic E-state index is 0.138. The molecule has 19 heavy (non-hydrogen) atoms. The second kappa shape index (κ2) is 4.94. The highest BCUT2D eigenvalue weighted by Gasteiger charge is 2.08. The number of rotatable bonds is 3. The summed E-state index contributed by atoms with van der Waals surface area (Å²) in [7, 11) is 0. The molecule has 0 bridgehead atoms. The molecule has 3 aromatic rings. The Labute approximate surface area is 116 Å². The van der Waals surface area contributed by atoms with Crippen molar-refractivity contribution in [1.82, 2.24) is 9.97 Å². The topological polar surface area (TPSA) is 40.7 Å². The van der Waals surface area contributed by atoms with Gasteiger partial charge in [0.15, 0.2) is 0 Å². The molecule has 2 N–H and O–H groups in total. The number of aromatic nitrogens is 2. The van der Waals surface area contributed by atoms with Crippen molar-refractivity contribution in [2.45, 2.75) is 13.0 Å². The standard InChI is InChI=1S/C15H14ClN3/c1-10(11-5-4-6-12(16)9-11)17-15-18-13-7-2-3-8-14(13)19-15/h2-10H,1H3,(H2,17,18,19). The molecule has 4 heteroatoms. The van der Waals surface area contributed by atoms with Crippen LogP contribution < -0.4 is 5.32 Å². The van der Waals surface area contributed by atoms with E-state index in [-0.39, 0.29) is 6.04 Å². The number of imidazole rings is 1. The molecule has 2 aromatic carbocycles. The van der Waals surface area contributed by atoms with Gasteiger partial charge in [0.1, 0.15) is 0 Å². The molecule has 1 heterocycles. The van der Waals surface area contributed by atoms with Gasteiger partial charge in [0.05, 0.1) is 17.1 Å². The highest BCUT2D eigenvalue weighted by molar-refractivity contribution is 6.30. The molecule has 0 amide bonds. The van der Waals surface area contributed by atoms with Crippen LogP contribution in [0.25, 0.3) is 11.0 Å². The molecule has 0 aliphatic rings. The maximum Gasteiger partial charge on any atom is 0.201 e. The zero-order chi connectivity index (χ0) is 13.2. The van der Waals surface area contributed by atoms with Crippen molar-refractivity contribution in [3.63, 3.8) is 0 Å². The fraction of sp³-hybridized carbons (Fsp3) is 0.133. The molecular weight excluding hydrogens is 258 g/mol. The van der Waals surface area contributed by atoms with E-state index in [4.69, 9.17) is 11.6 Å². The second-order valence-electron chi connectivity index (χ2n) is 4.52. The Morgan fingerprint density at radius 2 is 2.00 bits per heavy atom. The molecule has 0 radical (unpaired) electrons. The minimum Gasteiger partial charge on any atom is -0.349 e. The van der Waals surface area contributed by atoms with Crippen LogP contribution in [0, 0.1) is 0 Å². The smallest absolute Gasteiger partial charge is 0.201 e. The van der Waals surface area contributed by atoms with Crippen molar-refractivity contribution in [2.75, 3.05) is 5.32 Å². The summed E-state index contributed by atoms with van der Waals surface area (Å²) in [6.45, 7) is 2.08. The summed E-state index contributed by atoms with van der Waals surface area (Å²) in [6.07, 6.45) is 0. The zero-order valence-corrected chi connectivity index (χ0v) is 11.3. The Balaban J connectivity index is 1.84. The third-order valence-electron chi connectivity index (χ3n) is 3.09. The van der Waals surface area contributed by atoms with Crippen LogP contribution in [0.15, 0.2) is 48.5 Å². The number of nitrogens with one attached hydrogen (secondary N) is 2. The number of anilines is 1. The van der Waals surface area contributed by atoms with Gasteiger partial charge in [-0.1, -0.05) is 35.9 Å². The molecule has 0 aliphatic carbocycles. The number of nitrogens with zero attached hydrogens (tertiary/aromatic N) is 1. The molecule has 3 nitrogen and oxygen atoms in total. The summed E-state index contributed by atoms with van der Waals surface area (Å²) in [5, 5.41) is 4.10. The van der Waals surface area contributed by atoms with Gasteiger partial charge in [0.25, 0.3) is 0 Å². The highest BCUT2D eigenvalue weighted by Crippen LogP contribution is 2.22. The molecule has 1 atom stereocenters. The number of hydrogen-bond acceptors (Lipinski definition) is 2. The van der Waals surface area contributed by atoms with Crippen molar-refractivity contribution in [2.24, 2.45) is 0 Å². The van der Waals surface area contributed by atoms with Gasteiger partial charge in [-0.3, -0.25) is 0 Å². The van der Waals surface area contributed by atoms with Crippen LogP contribution in [-0.4, -0.2) is 9.97 Å². The Morgan fingerprint density at radius 1 is 1.16 bits per heavy atom. The third kappa shape index (κ3) is 2.56. The minimum absolute atomic E-state index is 0.138. The molecule has 0 aliphatic heterocycles. The predicted octanol–water partition coefficient (Wildman–Crippen LogP) is 4.39.